The minimum absolute atomic E-state index is 0.205. The molecule has 0 spiro atoms. The van der Waals surface area contributed by atoms with Gasteiger partial charge in [-0.05, 0) is 12.1 Å². The van der Waals surface area contributed by atoms with E-state index in [0.29, 0.717) is 34.3 Å². The predicted octanol–water partition coefficient (Wildman–Crippen LogP) is 2.33. The summed E-state index contributed by atoms with van der Waals surface area (Å²) in [6, 6.07) is 4.91. The number of rotatable bonds is 3. The van der Waals surface area contributed by atoms with E-state index >= 15 is 0 Å². The Morgan fingerprint density at radius 1 is 1.14 bits per heavy atom. The van der Waals surface area contributed by atoms with Gasteiger partial charge in [-0.15, -0.1) is 0 Å². The number of aromatic nitrogens is 2. The average molecular weight is 303 g/mol. The van der Waals surface area contributed by atoms with Crippen LogP contribution in [-0.2, 0) is 5.41 Å². The van der Waals surface area contributed by atoms with Gasteiger partial charge in [-0.3, -0.25) is 4.79 Å². The Kier molecular flexibility index (Phi) is 4.12. The zero-order valence-electron chi connectivity index (χ0n) is 13.5. The SMILES string of the molecule is COc1cc(-c2cc(=O)[nH]c(C(C)(C)C)n2)cc(N)c1OC. The first-order chi connectivity index (χ1) is 10.3. The number of nitrogens with two attached hydrogens (primary N) is 1. The smallest absolute Gasteiger partial charge is 0.251 e. The number of benzene rings is 1. The molecule has 6 nitrogen and oxygen atoms in total. The maximum Gasteiger partial charge on any atom is 0.251 e. The quantitative estimate of drug-likeness (QED) is 0.849. The molecule has 2 rings (SSSR count). The molecule has 1 aromatic heterocycles. The van der Waals surface area contributed by atoms with Gasteiger partial charge in [0.25, 0.3) is 5.56 Å². The van der Waals surface area contributed by atoms with E-state index in [4.69, 9.17) is 15.2 Å². The summed E-state index contributed by atoms with van der Waals surface area (Å²) in [6.07, 6.45) is 0. The van der Waals surface area contributed by atoms with E-state index in [9.17, 15) is 4.79 Å². The summed E-state index contributed by atoms with van der Waals surface area (Å²) < 4.78 is 10.5. The van der Waals surface area contributed by atoms with Crippen LogP contribution in [0.3, 0.4) is 0 Å². The summed E-state index contributed by atoms with van der Waals surface area (Å²) in [7, 11) is 3.06. The van der Waals surface area contributed by atoms with Crippen molar-refractivity contribution >= 4 is 5.69 Å². The van der Waals surface area contributed by atoms with Gasteiger partial charge in [0.05, 0.1) is 25.6 Å². The summed E-state index contributed by atoms with van der Waals surface area (Å²) in [4.78, 5) is 19.2. The third-order valence-electron chi connectivity index (χ3n) is 3.26. The Labute approximate surface area is 129 Å². The molecule has 22 heavy (non-hydrogen) atoms. The Morgan fingerprint density at radius 2 is 1.82 bits per heavy atom. The summed E-state index contributed by atoms with van der Waals surface area (Å²) in [5.74, 6) is 1.58. The van der Waals surface area contributed by atoms with Crippen molar-refractivity contribution in [1.82, 2.24) is 9.97 Å². The first-order valence-corrected chi connectivity index (χ1v) is 6.90. The molecule has 0 aliphatic carbocycles. The van der Waals surface area contributed by atoms with E-state index in [1.807, 2.05) is 20.8 Å². The average Bonchev–Trinajstić information content (AvgIpc) is 2.44. The van der Waals surface area contributed by atoms with Crippen LogP contribution in [0, 0.1) is 0 Å². The van der Waals surface area contributed by atoms with Gasteiger partial charge in [0.1, 0.15) is 5.82 Å². The van der Waals surface area contributed by atoms with Crippen LogP contribution in [0.2, 0.25) is 0 Å². The van der Waals surface area contributed by atoms with Gasteiger partial charge in [0, 0.05) is 17.0 Å². The third kappa shape index (κ3) is 3.05. The van der Waals surface area contributed by atoms with Crippen LogP contribution in [-0.4, -0.2) is 24.2 Å². The fourth-order valence-corrected chi connectivity index (χ4v) is 2.10. The van der Waals surface area contributed by atoms with Crippen molar-refractivity contribution in [2.45, 2.75) is 26.2 Å². The molecule has 0 aliphatic rings. The molecule has 118 valence electrons. The summed E-state index contributed by atoms with van der Waals surface area (Å²) in [6.45, 7) is 5.95. The molecule has 0 saturated heterocycles. The van der Waals surface area contributed by atoms with Crippen molar-refractivity contribution < 1.29 is 9.47 Å². The van der Waals surface area contributed by atoms with E-state index in [1.165, 1.54) is 20.3 Å². The number of nitrogen functional groups attached to an aromatic ring is 1. The number of hydrogen-bond donors (Lipinski definition) is 2. The van der Waals surface area contributed by atoms with E-state index in [-0.39, 0.29) is 11.0 Å². The highest BCUT2D eigenvalue weighted by Crippen LogP contribution is 2.37. The minimum atomic E-state index is -0.267. The number of aromatic amines is 1. The monoisotopic (exact) mass is 303 g/mol. The highest BCUT2D eigenvalue weighted by atomic mass is 16.5. The lowest BCUT2D eigenvalue weighted by atomic mass is 9.95. The van der Waals surface area contributed by atoms with Crippen LogP contribution in [0.5, 0.6) is 11.5 Å². The Balaban J connectivity index is 2.64. The molecule has 6 heteroatoms. The van der Waals surface area contributed by atoms with Crippen LogP contribution < -0.4 is 20.8 Å². The standard InChI is InChI=1S/C16H21N3O3/c1-16(2,3)15-18-11(8-13(20)19-15)9-6-10(17)14(22-5)12(7-9)21-4/h6-8H,17H2,1-5H3,(H,18,19,20). The van der Waals surface area contributed by atoms with Crippen LogP contribution in [0.4, 0.5) is 5.69 Å². The number of nitrogens with zero attached hydrogens (tertiary/aromatic N) is 1. The number of ether oxygens (including phenoxy) is 2. The second-order valence-electron chi connectivity index (χ2n) is 6.03. The molecule has 0 radical (unpaired) electrons. The second-order valence-corrected chi connectivity index (χ2v) is 6.03. The van der Waals surface area contributed by atoms with Gasteiger partial charge in [0.2, 0.25) is 0 Å². The van der Waals surface area contributed by atoms with Crippen molar-refractivity contribution in [3.05, 3.63) is 34.4 Å². The van der Waals surface area contributed by atoms with E-state index < -0.39 is 0 Å². The zero-order valence-corrected chi connectivity index (χ0v) is 13.5. The van der Waals surface area contributed by atoms with Crippen molar-refractivity contribution in [2.24, 2.45) is 0 Å². The first kappa shape index (κ1) is 15.9. The lowest BCUT2D eigenvalue weighted by Gasteiger charge is -2.18. The molecule has 0 atom stereocenters. The van der Waals surface area contributed by atoms with Gasteiger partial charge >= 0.3 is 0 Å². The molecule has 0 aliphatic heterocycles. The fraction of sp³-hybridized carbons (Fsp3) is 0.375. The number of H-pyrrole nitrogens is 1. The van der Waals surface area contributed by atoms with Gasteiger partial charge in [0.15, 0.2) is 11.5 Å². The molecular formula is C16H21N3O3. The van der Waals surface area contributed by atoms with E-state index in [2.05, 4.69) is 9.97 Å². The molecule has 2 aromatic rings. The fourth-order valence-electron chi connectivity index (χ4n) is 2.10. The second kappa shape index (κ2) is 5.71. The van der Waals surface area contributed by atoms with Gasteiger partial charge < -0.3 is 20.2 Å². The molecule has 0 bridgehead atoms. The van der Waals surface area contributed by atoms with Crippen molar-refractivity contribution in [1.29, 1.82) is 0 Å². The Bertz CT molecular complexity index is 745. The molecule has 0 fully saturated rings. The van der Waals surface area contributed by atoms with E-state index in [0.717, 1.165) is 0 Å². The number of hydrogen-bond acceptors (Lipinski definition) is 5. The molecule has 1 heterocycles. The third-order valence-corrected chi connectivity index (χ3v) is 3.26. The summed E-state index contributed by atoms with van der Waals surface area (Å²) >= 11 is 0. The maximum absolute atomic E-state index is 11.9. The topological polar surface area (TPSA) is 90.2 Å². The Hall–Kier alpha value is -2.50. The minimum Gasteiger partial charge on any atom is -0.493 e. The molecule has 0 unspecified atom stereocenters. The molecule has 3 N–H and O–H groups in total. The number of anilines is 1. The highest BCUT2D eigenvalue weighted by Gasteiger charge is 2.19. The lowest BCUT2D eigenvalue weighted by molar-refractivity contribution is 0.356. The van der Waals surface area contributed by atoms with Gasteiger partial charge in [-0.2, -0.15) is 0 Å². The van der Waals surface area contributed by atoms with Crippen molar-refractivity contribution in [3.8, 4) is 22.8 Å². The summed E-state index contributed by atoms with van der Waals surface area (Å²) in [5, 5.41) is 0. The van der Waals surface area contributed by atoms with Gasteiger partial charge in [-0.1, -0.05) is 20.8 Å². The molecular weight excluding hydrogens is 282 g/mol. The number of nitrogens with one attached hydrogen (secondary N) is 1. The maximum atomic E-state index is 11.9. The highest BCUT2D eigenvalue weighted by molar-refractivity contribution is 5.73. The molecule has 0 saturated carbocycles. The summed E-state index contributed by atoms with van der Waals surface area (Å²) in [5.41, 5.74) is 7.19. The molecule has 1 aromatic carbocycles. The van der Waals surface area contributed by atoms with Crippen LogP contribution in [0.25, 0.3) is 11.3 Å². The first-order valence-electron chi connectivity index (χ1n) is 6.90. The van der Waals surface area contributed by atoms with E-state index in [1.54, 1.807) is 12.1 Å². The van der Waals surface area contributed by atoms with Gasteiger partial charge in [-0.25, -0.2) is 4.98 Å². The predicted molar refractivity (Wildman–Crippen MR) is 86.5 cm³/mol. The van der Waals surface area contributed by atoms with Crippen LogP contribution in [0.1, 0.15) is 26.6 Å². The normalized spacial score (nSPS) is 11.3. The van der Waals surface area contributed by atoms with Crippen molar-refractivity contribution in [3.63, 3.8) is 0 Å². The van der Waals surface area contributed by atoms with Crippen LogP contribution >= 0.6 is 0 Å². The largest absolute Gasteiger partial charge is 0.493 e. The zero-order chi connectivity index (χ0) is 16.5. The lowest BCUT2D eigenvalue weighted by Crippen LogP contribution is -2.21. The number of methoxy groups -OCH3 is 2. The van der Waals surface area contributed by atoms with Crippen LogP contribution in [0.15, 0.2) is 23.0 Å². The Morgan fingerprint density at radius 3 is 2.36 bits per heavy atom. The van der Waals surface area contributed by atoms with Crippen molar-refractivity contribution in [2.75, 3.05) is 20.0 Å². The molecule has 0 amide bonds.